The SMILES string of the molecule is CCC(C)C1=CC(CO)=IC(CO)=C1. The summed E-state index contributed by atoms with van der Waals surface area (Å²) in [6.45, 7) is 4.62. The van der Waals surface area contributed by atoms with Crippen LogP contribution in [0.25, 0.3) is 0 Å². The first-order valence-corrected chi connectivity index (χ1v) is 7.01. The highest BCUT2D eigenvalue weighted by Gasteiger charge is 2.10. The minimum absolute atomic E-state index is 0.143. The first-order chi connectivity index (χ1) is 6.71. The normalized spacial score (nSPS) is 19.0. The van der Waals surface area contributed by atoms with Crippen molar-refractivity contribution in [1.29, 1.82) is 0 Å². The molecule has 1 atom stereocenters. The van der Waals surface area contributed by atoms with Gasteiger partial charge in [-0.2, -0.15) is 0 Å². The lowest BCUT2D eigenvalue weighted by Gasteiger charge is -2.15. The Morgan fingerprint density at radius 1 is 1.29 bits per heavy atom. The molecule has 2 nitrogen and oxygen atoms in total. The van der Waals surface area contributed by atoms with Crippen LogP contribution in [0.15, 0.2) is 21.3 Å². The molecule has 1 heterocycles. The Morgan fingerprint density at radius 2 is 2.00 bits per heavy atom. The predicted molar refractivity (Wildman–Crippen MR) is 68.8 cm³/mol. The minimum Gasteiger partial charge on any atom is -0.391 e. The summed E-state index contributed by atoms with van der Waals surface area (Å²) in [5.41, 5.74) is 1.26. The molecule has 0 fully saturated rings. The Labute approximate surface area is 95.1 Å². The standard InChI is InChI=1S/C11H17IO2/c1-3-8(2)9-4-10(6-13)12-11(5-9)7-14/h4-5,8,13-14H,3,6-7H2,1-2H3. The van der Waals surface area contributed by atoms with Gasteiger partial charge >= 0.3 is 0 Å². The first-order valence-electron chi connectivity index (χ1n) is 4.85. The molecular formula is C11H17IO2. The number of hydrogen-bond donors (Lipinski definition) is 2. The highest BCUT2D eigenvalue weighted by atomic mass is 127. The fraction of sp³-hybridized carbons (Fsp3) is 0.545. The van der Waals surface area contributed by atoms with Crippen LogP contribution in [0.4, 0.5) is 0 Å². The zero-order chi connectivity index (χ0) is 10.6. The van der Waals surface area contributed by atoms with E-state index >= 15 is 0 Å². The molecule has 0 aliphatic carbocycles. The number of aliphatic hydroxyl groups is 2. The average molecular weight is 308 g/mol. The zero-order valence-corrected chi connectivity index (χ0v) is 10.8. The maximum absolute atomic E-state index is 9.11. The van der Waals surface area contributed by atoms with Crippen LogP contribution in [0.1, 0.15) is 20.3 Å². The van der Waals surface area contributed by atoms with Gasteiger partial charge in [-0.1, -0.05) is 34.6 Å². The summed E-state index contributed by atoms with van der Waals surface area (Å²) in [6, 6.07) is 0. The van der Waals surface area contributed by atoms with Crippen LogP contribution < -0.4 is 0 Å². The zero-order valence-electron chi connectivity index (χ0n) is 8.63. The largest absolute Gasteiger partial charge is 0.391 e. The van der Waals surface area contributed by atoms with Crippen molar-refractivity contribution in [2.24, 2.45) is 5.92 Å². The molecule has 0 aromatic carbocycles. The molecule has 0 saturated carbocycles. The average Bonchev–Trinajstić information content (AvgIpc) is 2.27. The summed E-state index contributed by atoms with van der Waals surface area (Å²) in [4.78, 5) is 0. The molecule has 1 unspecified atom stereocenters. The Balaban J connectivity index is 2.92. The van der Waals surface area contributed by atoms with Gasteiger partial charge in [-0.3, -0.25) is 0 Å². The lowest BCUT2D eigenvalue weighted by Crippen LogP contribution is -2.07. The molecule has 0 aromatic rings. The fourth-order valence-electron chi connectivity index (χ4n) is 1.29. The van der Waals surface area contributed by atoms with Crippen LogP contribution in [0.2, 0.25) is 0 Å². The maximum atomic E-state index is 9.11. The molecule has 0 radical (unpaired) electrons. The van der Waals surface area contributed by atoms with Gasteiger partial charge in [0.05, 0.1) is 13.2 Å². The van der Waals surface area contributed by atoms with E-state index < -0.39 is 0 Å². The molecule has 2 N–H and O–H groups in total. The molecule has 1 rings (SSSR count). The van der Waals surface area contributed by atoms with Crippen LogP contribution in [-0.2, 0) is 0 Å². The maximum Gasteiger partial charge on any atom is 0.0735 e. The van der Waals surface area contributed by atoms with Gasteiger partial charge in [0.15, 0.2) is 0 Å². The minimum atomic E-state index is -0.274. The summed E-state index contributed by atoms with van der Waals surface area (Å²) in [5, 5.41) is 18.2. The Bertz CT molecular complexity index is 285. The van der Waals surface area contributed by atoms with E-state index in [2.05, 4.69) is 26.0 Å². The van der Waals surface area contributed by atoms with E-state index in [1.165, 1.54) is 5.57 Å². The fourth-order valence-corrected chi connectivity index (χ4v) is 3.55. The van der Waals surface area contributed by atoms with Crippen LogP contribution in [0.3, 0.4) is 0 Å². The summed E-state index contributed by atoms with van der Waals surface area (Å²) < 4.78 is 2.23. The van der Waals surface area contributed by atoms with Crippen molar-refractivity contribution in [1.82, 2.24) is 0 Å². The van der Waals surface area contributed by atoms with E-state index in [0.717, 1.165) is 13.5 Å². The van der Waals surface area contributed by atoms with Crippen molar-refractivity contribution >= 4 is 24.2 Å². The summed E-state index contributed by atoms with van der Waals surface area (Å²) in [6.07, 6.45) is 5.32. The Morgan fingerprint density at radius 3 is 2.50 bits per heavy atom. The Kier molecular flexibility index (Phi) is 4.98. The molecule has 0 bridgehead atoms. The van der Waals surface area contributed by atoms with Crippen molar-refractivity contribution < 1.29 is 10.2 Å². The number of hydrogen-bond acceptors (Lipinski definition) is 2. The summed E-state index contributed by atoms with van der Waals surface area (Å²) >= 11 is -0.274. The number of allylic oxidation sites excluding steroid dienone is 2. The molecule has 0 spiro atoms. The van der Waals surface area contributed by atoms with Gasteiger partial charge in [-0.15, -0.1) is 0 Å². The van der Waals surface area contributed by atoms with Gasteiger partial charge in [0, 0.05) is 7.09 Å². The van der Waals surface area contributed by atoms with Crippen molar-refractivity contribution in [2.45, 2.75) is 20.3 Å². The Hall–Kier alpha value is -0.0000000000000000278. The lowest BCUT2D eigenvalue weighted by molar-refractivity contribution is 0.341. The molecule has 1 aliphatic rings. The van der Waals surface area contributed by atoms with E-state index in [-0.39, 0.29) is 33.9 Å². The molecular weight excluding hydrogens is 291 g/mol. The molecule has 1 aliphatic heterocycles. The molecule has 14 heavy (non-hydrogen) atoms. The van der Waals surface area contributed by atoms with E-state index in [0.29, 0.717) is 5.92 Å². The number of rotatable bonds is 4. The van der Waals surface area contributed by atoms with E-state index in [9.17, 15) is 0 Å². The lowest BCUT2D eigenvalue weighted by atomic mass is 9.97. The van der Waals surface area contributed by atoms with E-state index in [1.54, 1.807) is 0 Å². The number of halogens is 1. The molecule has 0 saturated heterocycles. The van der Waals surface area contributed by atoms with Crippen molar-refractivity contribution in [3.05, 3.63) is 21.3 Å². The summed E-state index contributed by atoms with van der Waals surface area (Å²) in [7, 11) is 0. The highest BCUT2D eigenvalue weighted by Crippen LogP contribution is 2.28. The second kappa shape index (κ2) is 5.78. The molecule has 80 valence electrons. The number of aliphatic hydroxyl groups excluding tert-OH is 2. The highest BCUT2D eigenvalue weighted by molar-refractivity contribution is 14.2. The van der Waals surface area contributed by atoms with Gasteiger partial charge in [-0.25, -0.2) is 0 Å². The third-order valence-electron chi connectivity index (χ3n) is 2.37. The van der Waals surface area contributed by atoms with Gasteiger partial charge in [0.2, 0.25) is 0 Å². The third-order valence-corrected chi connectivity index (χ3v) is 5.06. The molecule has 0 aromatic heterocycles. The van der Waals surface area contributed by atoms with Gasteiger partial charge in [-0.05, 0) is 30.1 Å². The quantitative estimate of drug-likeness (QED) is 0.780. The van der Waals surface area contributed by atoms with Crippen LogP contribution in [0.5, 0.6) is 0 Å². The van der Waals surface area contributed by atoms with E-state index in [1.807, 2.05) is 0 Å². The predicted octanol–water partition coefficient (Wildman–Crippen LogP) is 1.98. The molecule has 3 heteroatoms. The second-order valence-corrected chi connectivity index (χ2v) is 6.71. The van der Waals surface area contributed by atoms with Gasteiger partial charge in [0.25, 0.3) is 0 Å². The smallest absolute Gasteiger partial charge is 0.0735 e. The molecule has 0 amide bonds. The first kappa shape index (κ1) is 12.1. The van der Waals surface area contributed by atoms with Crippen molar-refractivity contribution in [3.8, 4) is 0 Å². The van der Waals surface area contributed by atoms with Crippen molar-refractivity contribution in [2.75, 3.05) is 13.2 Å². The summed E-state index contributed by atoms with van der Waals surface area (Å²) in [5.74, 6) is 0.516. The van der Waals surface area contributed by atoms with Crippen molar-refractivity contribution in [3.63, 3.8) is 0 Å². The van der Waals surface area contributed by atoms with Gasteiger partial charge in [0.1, 0.15) is 0 Å². The monoisotopic (exact) mass is 308 g/mol. The van der Waals surface area contributed by atoms with Crippen LogP contribution in [-0.4, -0.2) is 26.9 Å². The second-order valence-electron chi connectivity index (χ2n) is 3.40. The van der Waals surface area contributed by atoms with Crippen LogP contribution in [0, 0.1) is 5.92 Å². The van der Waals surface area contributed by atoms with Gasteiger partial charge < -0.3 is 10.2 Å². The topological polar surface area (TPSA) is 40.5 Å². The third kappa shape index (κ3) is 3.00. The van der Waals surface area contributed by atoms with Crippen LogP contribution >= 0.6 is 20.7 Å². The van der Waals surface area contributed by atoms with E-state index in [4.69, 9.17) is 10.2 Å².